The maximum atomic E-state index is 12.3. The molecule has 2 heterocycles. The van der Waals surface area contributed by atoms with Crippen molar-refractivity contribution in [2.45, 2.75) is 46.1 Å². The van der Waals surface area contributed by atoms with Crippen molar-refractivity contribution in [3.63, 3.8) is 0 Å². The van der Waals surface area contributed by atoms with E-state index in [4.69, 9.17) is 0 Å². The van der Waals surface area contributed by atoms with Gasteiger partial charge in [0.2, 0.25) is 0 Å². The summed E-state index contributed by atoms with van der Waals surface area (Å²) < 4.78 is 1.74. The molecule has 7 heteroatoms. The lowest BCUT2D eigenvalue weighted by atomic mass is 10.1. The number of aromatic nitrogens is 2. The van der Waals surface area contributed by atoms with Crippen LogP contribution in [0.5, 0.6) is 0 Å². The lowest BCUT2D eigenvalue weighted by Crippen LogP contribution is -2.46. The molecule has 7 nitrogen and oxygen atoms in total. The first-order valence-corrected chi connectivity index (χ1v) is 9.85. The highest BCUT2D eigenvalue weighted by Crippen LogP contribution is 2.13. The van der Waals surface area contributed by atoms with E-state index in [2.05, 4.69) is 53.4 Å². The average Bonchev–Trinajstić information content (AvgIpc) is 2.92. The monoisotopic (exact) mass is 364 g/mol. The molecule has 1 atom stereocenters. The van der Waals surface area contributed by atoms with E-state index in [9.17, 15) is 4.79 Å². The minimum Gasteiger partial charge on any atom is -0.335 e. The second-order valence-corrected chi connectivity index (χ2v) is 8.01. The number of likely N-dealkylation sites (N-methyl/N-ethyl adjacent to an activating group) is 1. The second-order valence-electron chi connectivity index (χ2n) is 8.01. The molecular formula is C19H36N6O. The van der Waals surface area contributed by atoms with Gasteiger partial charge in [0.05, 0.1) is 5.69 Å². The maximum absolute atomic E-state index is 12.3. The number of nitrogens with zero attached hydrogens (tertiary/aromatic N) is 4. The second kappa shape index (κ2) is 9.92. The van der Waals surface area contributed by atoms with Gasteiger partial charge in [-0.3, -0.25) is 10.00 Å². The van der Waals surface area contributed by atoms with Crippen LogP contribution < -0.4 is 10.6 Å². The van der Waals surface area contributed by atoms with Crippen molar-refractivity contribution in [2.75, 3.05) is 45.1 Å². The molecule has 0 spiro atoms. The zero-order valence-corrected chi connectivity index (χ0v) is 17.1. The van der Waals surface area contributed by atoms with Crippen LogP contribution in [0.15, 0.2) is 6.07 Å². The lowest BCUT2D eigenvalue weighted by molar-refractivity contribution is 0.150. The predicted molar refractivity (Wildman–Crippen MR) is 107 cm³/mol. The number of amides is 2. The Labute approximate surface area is 158 Å². The van der Waals surface area contributed by atoms with E-state index in [0.29, 0.717) is 5.92 Å². The predicted octanol–water partition coefficient (Wildman–Crippen LogP) is 2.16. The highest BCUT2D eigenvalue weighted by atomic mass is 16.2. The number of nitrogens with one attached hydrogen (secondary N) is 2. The van der Waals surface area contributed by atoms with Gasteiger partial charge in [0, 0.05) is 51.9 Å². The van der Waals surface area contributed by atoms with Crippen LogP contribution in [0.25, 0.3) is 0 Å². The molecule has 148 valence electrons. The molecule has 1 aliphatic rings. The minimum atomic E-state index is -0.158. The normalized spacial score (nSPS) is 17.5. The summed E-state index contributed by atoms with van der Waals surface area (Å²) in [4.78, 5) is 17.1. The number of carbonyl (C=O) groups is 1. The van der Waals surface area contributed by atoms with Crippen molar-refractivity contribution in [1.29, 1.82) is 0 Å². The van der Waals surface area contributed by atoms with E-state index in [1.807, 2.05) is 13.1 Å². The molecule has 2 N–H and O–H groups in total. The Kier molecular flexibility index (Phi) is 7.90. The number of anilines is 1. The molecule has 1 aromatic rings. The van der Waals surface area contributed by atoms with Crippen LogP contribution >= 0.6 is 0 Å². The van der Waals surface area contributed by atoms with Crippen LogP contribution in [0.1, 0.15) is 39.3 Å². The highest BCUT2D eigenvalue weighted by molar-refractivity contribution is 5.88. The number of piperazine rings is 1. The van der Waals surface area contributed by atoms with Gasteiger partial charge in [-0.2, -0.15) is 5.10 Å². The van der Waals surface area contributed by atoms with Crippen LogP contribution in [-0.4, -0.2) is 71.4 Å². The highest BCUT2D eigenvalue weighted by Gasteiger charge is 2.16. The molecule has 1 saturated heterocycles. The smallest absolute Gasteiger partial charge is 0.320 e. The van der Waals surface area contributed by atoms with Gasteiger partial charge < -0.3 is 15.1 Å². The third-order valence-electron chi connectivity index (χ3n) is 5.00. The first-order valence-electron chi connectivity index (χ1n) is 9.85. The molecule has 2 amide bonds. The molecule has 1 aromatic heterocycles. The number of aryl methyl sites for hydroxylation is 2. The Hall–Kier alpha value is -1.60. The van der Waals surface area contributed by atoms with E-state index >= 15 is 0 Å². The van der Waals surface area contributed by atoms with E-state index in [-0.39, 0.29) is 12.1 Å². The van der Waals surface area contributed by atoms with E-state index in [1.165, 1.54) is 0 Å². The van der Waals surface area contributed by atoms with Crippen molar-refractivity contribution in [3.05, 3.63) is 11.8 Å². The maximum Gasteiger partial charge on any atom is 0.320 e. The molecule has 0 radical (unpaired) electrons. The summed E-state index contributed by atoms with van der Waals surface area (Å²) in [6.45, 7) is 12.0. The Bertz CT molecular complexity index is 562. The number of urea groups is 1. The minimum absolute atomic E-state index is 0.142. The fourth-order valence-corrected chi connectivity index (χ4v) is 3.10. The van der Waals surface area contributed by atoms with E-state index in [0.717, 1.165) is 63.5 Å². The Morgan fingerprint density at radius 3 is 2.50 bits per heavy atom. The molecule has 0 unspecified atom stereocenters. The van der Waals surface area contributed by atoms with Gasteiger partial charge in [-0.15, -0.1) is 0 Å². The van der Waals surface area contributed by atoms with Gasteiger partial charge in [-0.25, -0.2) is 4.79 Å². The topological polar surface area (TPSA) is 65.4 Å². The van der Waals surface area contributed by atoms with Crippen molar-refractivity contribution < 1.29 is 4.79 Å². The zero-order valence-electron chi connectivity index (χ0n) is 17.1. The standard InChI is InChI=1S/C19H36N6O/c1-15(2)6-7-17-14-18(24(5)22-17)21-19(26)20-16(3)8-9-25-12-10-23(4)11-13-25/h14-16H,6-13H2,1-5H3,(H2,20,21,26)/t16-/m0/s1. The third-order valence-corrected chi connectivity index (χ3v) is 5.00. The Morgan fingerprint density at radius 2 is 1.85 bits per heavy atom. The van der Waals surface area contributed by atoms with Crippen molar-refractivity contribution in [1.82, 2.24) is 24.9 Å². The Morgan fingerprint density at radius 1 is 1.15 bits per heavy atom. The van der Waals surface area contributed by atoms with Crippen LogP contribution in [-0.2, 0) is 13.5 Å². The first-order chi connectivity index (χ1) is 12.3. The van der Waals surface area contributed by atoms with Crippen molar-refractivity contribution in [3.8, 4) is 0 Å². The summed E-state index contributed by atoms with van der Waals surface area (Å²) in [6.07, 6.45) is 3.00. The summed E-state index contributed by atoms with van der Waals surface area (Å²) in [5.74, 6) is 1.39. The van der Waals surface area contributed by atoms with Crippen LogP contribution in [0.3, 0.4) is 0 Å². The number of hydrogen-bond acceptors (Lipinski definition) is 4. The molecule has 1 fully saturated rings. The SMILES string of the molecule is CC(C)CCc1cc(NC(=O)N[C@@H](C)CCN2CCN(C)CC2)n(C)n1. The Balaban J connectivity index is 1.72. The van der Waals surface area contributed by atoms with E-state index in [1.54, 1.807) is 4.68 Å². The molecular weight excluding hydrogens is 328 g/mol. The number of carbonyl (C=O) groups excluding carboxylic acids is 1. The lowest BCUT2D eigenvalue weighted by Gasteiger charge is -2.32. The van der Waals surface area contributed by atoms with Crippen LogP contribution in [0.2, 0.25) is 0 Å². The quantitative estimate of drug-likeness (QED) is 0.742. The molecule has 0 aromatic carbocycles. The van der Waals surface area contributed by atoms with E-state index < -0.39 is 0 Å². The van der Waals surface area contributed by atoms with Crippen molar-refractivity contribution >= 4 is 11.8 Å². The summed E-state index contributed by atoms with van der Waals surface area (Å²) in [7, 11) is 4.03. The molecule has 0 aliphatic carbocycles. The molecule has 0 bridgehead atoms. The first kappa shape index (κ1) is 20.7. The summed E-state index contributed by atoms with van der Waals surface area (Å²) in [6, 6.07) is 1.95. The summed E-state index contributed by atoms with van der Waals surface area (Å²) >= 11 is 0. The van der Waals surface area contributed by atoms with Gasteiger partial charge in [-0.1, -0.05) is 13.8 Å². The summed E-state index contributed by atoms with van der Waals surface area (Å²) in [5, 5.41) is 10.4. The molecule has 2 rings (SSSR count). The van der Waals surface area contributed by atoms with Gasteiger partial charge in [0.1, 0.15) is 5.82 Å². The number of hydrogen-bond donors (Lipinski definition) is 2. The van der Waals surface area contributed by atoms with Crippen molar-refractivity contribution in [2.24, 2.45) is 13.0 Å². The largest absolute Gasteiger partial charge is 0.335 e. The van der Waals surface area contributed by atoms with Gasteiger partial charge in [0.15, 0.2) is 0 Å². The fraction of sp³-hybridized carbons (Fsp3) is 0.789. The van der Waals surface area contributed by atoms with Crippen LogP contribution in [0.4, 0.5) is 10.6 Å². The zero-order chi connectivity index (χ0) is 19.1. The van der Waals surface area contributed by atoms with Gasteiger partial charge in [-0.05, 0) is 39.2 Å². The third kappa shape index (κ3) is 6.96. The molecule has 1 aliphatic heterocycles. The fourth-order valence-electron chi connectivity index (χ4n) is 3.10. The molecule has 0 saturated carbocycles. The van der Waals surface area contributed by atoms with Gasteiger partial charge in [0.25, 0.3) is 0 Å². The average molecular weight is 365 g/mol. The molecule has 26 heavy (non-hydrogen) atoms. The van der Waals surface area contributed by atoms with Gasteiger partial charge >= 0.3 is 6.03 Å². The number of rotatable bonds is 8. The summed E-state index contributed by atoms with van der Waals surface area (Å²) in [5.41, 5.74) is 1.03. The van der Waals surface area contributed by atoms with Crippen LogP contribution in [0, 0.1) is 5.92 Å².